The lowest BCUT2D eigenvalue weighted by Gasteiger charge is -2.38. The fourth-order valence-corrected chi connectivity index (χ4v) is 8.66. The van der Waals surface area contributed by atoms with Gasteiger partial charge in [-0.1, -0.05) is 72.8 Å². The molecule has 4 atom stereocenters. The summed E-state index contributed by atoms with van der Waals surface area (Å²) in [4.78, 5) is 44.8. The van der Waals surface area contributed by atoms with E-state index in [2.05, 4.69) is 6.07 Å². The van der Waals surface area contributed by atoms with E-state index < -0.39 is 35.5 Å². The molecule has 0 N–H and O–H groups in total. The van der Waals surface area contributed by atoms with Gasteiger partial charge in [0.25, 0.3) is 0 Å². The van der Waals surface area contributed by atoms with Crippen molar-refractivity contribution < 1.29 is 19.1 Å². The number of nitriles is 1. The van der Waals surface area contributed by atoms with E-state index in [1.165, 1.54) is 16.2 Å². The Morgan fingerprint density at radius 1 is 0.878 bits per heavy atom. The van der Waals surface area contributed by atoms with E-state index in [1.54, 1.807) is 0 Å². The summed E-state index contributed by atoms with van der Waals surface area (Å²) in [6, 6.07) is 23.7. The lowest BCUT2D eigenvalue weighted by molar-refractivity contribution is -0.142. The van der Waals surface area contributed by atoms with Crippen LogP contribution in [-0.4, -0.2) is 17.8 Å². The number of esters is 1. The zero-order valence-electron chi connectivity index (χ0n) is 22.0. The van der Waals surface area contributed by atoms with Gasteiger partial charge in [0.1, 0.15) is 16.8 Å². The van der Waals surface area contributed by atoms with Crippen LogP contribution in [0.2, 0.25) is 0 Å². The highest BCUT2D eigenvalue weighted by Gasteiger charge is 2.61. The number of hydrogen-bond acceptors (Lipinski definition) is 6. The maximum Gasteiger partial charge on any atom is 0.319 e. The predicted molar refractivity (Wildman–Crippen MR) is 155 cm³/mol. The standard InChI is InChI=1S/C34H24N2O4S/c35-17-25-21-12-6-7-13-26(21)41-33(25)36-31(37)27-23(18-8-2-1-3-9-18)16-24-22-15-14-19-10-4-5-11-20(19)30(22)40-34(39)28(24)29(27)32(36)38/h1-5,8-11,14-16,23,27-29H,6-7,12-13H2/t23-,27-,28+,29-/m0/s1. The monoisotopic (exact) mass is 556 g/mol. The number of rotatable bonds is 2. The van der Waals surface area contributed by atoms with E-state index in [4.69, 9.17) is 4.74 Å². The van der Waals surface area contributed by atoms with Crippen molar-refractivity contribution in [3.05, 3.63) is 99.9 Å². The maximum atomic E-state index is 14.4. The molecule has 0 radical (unpaired) electrons. The molecule has 200 valence electrons. The third kappa shape index (κ3) is 3.37. The van der Waals surface area contributed by atoms with Crippen LogP contribution < -0.4 is 9.64 Å². The summed E-state index contributed by atoms with van der Waals surface area (Å²) in [5.41, 5.74) is 3.80. The van der Waals surface area contributed by atoms with Crippen molar-refractivity contribution in [2.24, 2.45) is 17.8 Å². The smallest absolute Gasteiger partial charge is 0.319 e. The predicted octanol–water partition coefficient (Wildman–Crippen LogP) is 6.17. The van der Waals surface area contributed by atoms with Crippen molar-refractivity contribution in [2.45, 2.75) is 31.6 Å². The van der Waals surface area contributed by atoms with Crippen LogP contribution in [0.3, 0.4) is 0 Å². The molecule has 7 heteroatoms. The van der Waals surface area contributed by atoms with E-state index >= 15 is 0 Å². The molecule has 2 aliphatic carbocycles. The maximum absolute atomic E-state index is 14.4. The van der Waals surface area contributed by atoms with E-state index in [1.807, 2.05) is 72.8 Å². The van der Waals surface area contributed by atoms with Gasteiger partial charge in [0, 0.05) is 21.7 Å². The van der Waals surface area contributed by atoms with E-state index in [9.17, 15) is 19.6 Å². The molecule has 0 spiro atoms. The first-order chi connectivity index (χ1) is 20.1. The molecule has 0 bridgehead atoms. The van der Waals surface area contributed by atoms with Gasteiger partial charge in [-0.25, -0.2) is 4.90 Å². The summed E-state index contributed by atoms with van der Waals surface area (Å²) in [6.45, 7) is 0. The second-order valence-electron chi connectivity index (χ2n) is 11.2. The van der Waals surface area contributed by atoms with Gasteiger partial charge in [-0.05, 0) is 47.8 Å². The van der Waals surface area contributed by atoms with Gasteiger partial charge in [0.2, 0.25) is 11.8 Å². The molecular weight excluding hydrogens is 532 g/mol. The SMILES string of the molecule is N#Cc1c(N2C(=O)[C@@H]3[C@@H]4C(=O)Oc5c(ccc6ccccc56)C4=C[C@@H](c4ccccc4)[C@@H]3C2=O)sc2c1CCCC2. The summed E-state index contributed by atoms with van der Waals surface area (Å²) < 4.78 is 5.99. The summed E-state index contributed by atoms with van der Waals surface area (Å²) in [5.74, 6) is -3.83. The van der Waals surface area contributed by atoms with Crippen molar-refractivity contribution in [2.75, 3.05) is 4.90 Å². The van der Waals surface area contributed by atoms with Gasteiger partial charge in [-0.15, -0.1) is 11.3 Å². The highest BCUT2D eigenvalue weighted by atomic mass is 32.1. The molecule has 6 nitrogen and oxygen atoms in total. The van der Waals surface area contributed by atoms with Crippen LogP contribution in [0.1, 0.15) is 45.9 Å². The second-order valence-corrected chi connectivity index (χ2v) is 12.3. The first-order valence-electron chi connectivity index (χ1n) is 14.0. The van der Waals surface area contributed by atoms with Gasteiger partial charge in [0.15, 0.2) is 0 Å². The second kappa shape index (κ2) is 8.98. The normalized spacial score (nSPS) is 24.6. The lowest BCUT2D eigenvalue weighted by atomic mass is 9.64. The van der Waals surface area contributed by atoms with Gasteiger partial charge in [0.05, 0.1) is 23.3 Å². The van der Waals surface area contributed by atoms with Crippen LogP contribution in [0, 0.1) is 29.1 Å². The number of carbonyl (C=O) groups excluding carboxylic acids is 3. The number of amides is 2. The highest BCUT2D eigenvalue weighted by molar-refractivity contribution is 7.17. The van der Waals surface area contributed by atoms with E-state index in [-0.39, 0.29) is 5.91 Å². The van der Waals surface area contributed by atoms with Crippen LogP contribution >= 0.6 is 11.3 Å². The number of anilines is 1. The van der Waals surface area contributed by atoms with Gasteiger partial charge in [-0.3, -0.25) is 14.4 Å². The van der Waals surface area contributed by atoms with E-state index in [0.717, 1.165) is 63.6 Å². The lowest BCUT2D eigenvalue weighted by Crippen LogP contribution is -2.42. The van der Waals surface area contributed by atoms with Crippen molar-refractivity contribution in [3.8, 4) is 11.8 Å². The Bertz CT molecular complexity index is 1880. The molecule has 3 aromatic carbocycles. The molecular formula is C34H24N2O4S. The number of carbonyl (C=O) groups is 3. The minimum absolute atomic E-state index is 0.351. The first kappa shape index (κ1) is 24.3. The topological polar surface area (TPSA) is 87.5 Å². The number of thiophene rings is 1. The average molecular weight is 557 g/mol. The molecule has 2 amide bonds. The largest absolute Gasteiger partial charge is 0.425 e. The quantitative estimate of drug-likeness (QED) is 0.167. The Labute approximate surface area is 240 Å². The number of aryl methyl sites for hydroxylation is 1. The molecule has 2 aliphatic heterocycles. The molecule has 1 saturated heterocycles. The molecule has 4 aliphatic rings. The number of imide groups is 1. The number of hydrogen-bond donors (Lipinski definition) is 0. The molecule has 1 fully saturated rings. The Kier molecular flexibility index (Phi) is 5.32. The minimum Gasteiger partial charge on any atom is -0.425 e. The van der Waals surface area contributed by atoms with E-state index in [0.29, 0.717) is 16.3 Å². The fraction of sp³-hybridized carbons (Fsp3) is 0.235. The van der Waals surface area contributed by atoms with Gasteiger partial charge >= 0.3 is 5.97 Å². The van der Waals surface area contributed by atoms with Crippen LogP contribution in [0.4, 0.5) is 5.00 Å². The van der Waals surface area contributed by atoms with Gasteiger partial charge in [-0.2, -0.15) is 5.26 Å². The number of ether oxygens (including phenoxy) is 1. The third-order valence-electron chi connectivity index (χ3n) is 9.14. The average Bonchev–Trinajstić information content (AvgIpc) is 3.50. The molecule has 4 aromatic rings. The summed E-state index contributed by atoms with van der Waals surface area (Å²) in [7, 11) is 0. The molecule has 3 heterocycles. The fourth-order valence-electron chi connectivity index (χ4n) is 7.31. The van der Waals surface area contributed by atoms with Crippen molar-refractivity contribution in [3.63, 3.8) is 0 Å². The Hall–Kier alpha value is -4.54. The number of allylic oxidation sites excluding steroid dienone is 1. The Morgan fingerprint density at radius 3 is 2.46 bits per heavy atom. The third-order valence-corrected chi connectivity index (χ3v) is 10.4. The van der Waals surface area contributed by atoms with Crippen molar-refractivity contribution in [1.82, 2.24) is 0 Å². The number of fused-ring (bicyclic) bond motifs is 8. The number of nitrogens with zero attached hydrogens (tertiary/aromatic N) is 2. The summed E-state index contributed by atoms with van der Waals surface area (Å²) >= 11 is 1.38. The highest BCUT2D eigenvalue weighted by Crippen LogP contribution is 2.56. The Balaban J connectivity index is 1.33. The van der Waals surface area contributed by atoms with Crippen LogP contribution in [0.5, 0.6) is 5.75 Å². The van der Waals surface area contributed by atoms with Crippen LogP contribution in [-0.2, 0) is 27.2 Å². The molecule has 1 aromatic heterocycles. The zero-order valence-corrected chi connectivity index (χ0v) is 22.8. The minimum atomic E-state index is -0.925. The van der Waals surface area contributed by atoms with Gasteiger partial charge < -0.3 is 4.74 Å². The van der Waals surface area contributed by atoms with Crippen LogP contribution in [0.25, 0.3) is 16.3 Å². The first-order valence-corrected chi connectivity index (χ1v) is 14.8. The molecule has 41 heavy (non-hydrogen) atoms. The van der Waals surface area contributed by atoms with Crippen LogP contribution in [0.15, 0.2) is 72.8 Å². The summed E-state index contributed by atoms with van der Waals surface area (Å²) in [5, 5.41) is 12.3. The molecule has 8 rings (SSSR count). The zero-order chi connectivity index (χ0) is 27.8. The van der Waals surface area contributed by atoms with Crippen molar-refractivity contribution in [1.29, 1.82) is 5.26 Å². The van der Waals surface area contributed by atoms with Crippen molar-refractivity contribution >= 4 is 50.5 Å². The molecule has 0 saturated carbocycles. The number of benzene rings is 3. The summed E-state index contributed by atoms with van der Waals surface area (Å²) in [6.07, 6.45) is 5.63. The Morgan fingerprint density at radius 2 is 1.63 bits per heavy atom. The molecule has 0 unspecified atom stereocenters.